The molecule has 0 fully saturated rings. The van der Waals surface area contributed by atoms with Crippen LogP contribution in [0.25, 0.3) is 0 Å². The first-order valence-electron chi connectivity index (χ1n) is 4.96. The van der Waals surface area contributed by atoms with Gasteiger partial charge in [-0.1, -0.05) is 15.9 Å². The molecular formula is C11H15BrFNO. The lowest BCUT2D eigenvalue weighted by Crippen LogP contribution is -2.09. The number of hydrogen-bond donors (Lipinski definition) is 1. The van der Waals surface area contributed by atoms with Crippen molar-refractivity contribution in [2.24, 2.45) is 0 Å². The van der Waals surface area contributed by atoms with Crippen molar-refractivity contribution in [1.82, 2.24) is 5.32 Å². The first-order chi connectivity index (χ1) is 7.24. The molecule has 1 aromatic rings. The van der Waals surface area contributed by atoms with Crippen LogP contribution in [0.1, 0.15) is 12.8 Å². The molecule has 0 heterocycles. The molecule has 0 saturated heterocycles. The Morgan fingerprint density at radius 1 is 1.40 bits per heavy atom. The molecule has 0 bridgehead atoms. The van der Waals surface area contributed by atoms with Gasteiger partial charge < -0.3 is 10.1 Å². The average molecular weight is 276 g/mol. The van der Waals surface area contributed by atoms with Crippen LogP contribution < -0.4 is 10.1 Å². The molecular weight excluding hydrogens is 261 g/mol. The molecule has 1 N–H and O–H groups in total. The van der Waals surface area contributed by atoms with Crippen molar-refractivity contribution in [1.29, 1.82) is 0 Å². The average Bonchev–Trinajstić information content (AvgIpc) is 2.23. The number of ether oxygens (including phenoxy) is 1. The summed E-state index contributed by atoms with van der Waals surface area (Å²) in [5.74, 6) is 0.000601. The number of rotatable bonds is 6. The lowest BCUT2D eigenvalue weighted by atomic mass is 10.3. The second kappa shape index (κ2) is 6.80. The largest absolute Gasteiger partial charge is 0.490 e. The predicted octanol–water partition coefficient (Wildman–Crippen LogP) is 2.97. The van der Waals surface area contributed by atoms with Crippen molar-refractivity contribution < 1.29 is 9.13 Å². The molecule has 0 amide bonds. The van der Waals surface area contributed by atoms with Crippen LogP contribution in [-0.2, 0) is 0 Å². The third kappa shape index (κ3) is 4.62. The van der Waals surface area contributed by atoms with Crippen molar-refractivity contribution in [2.45, 2.75) is 12.8 Å². The highest BCUT2D eigenvalue weighted by Crippen LogP contribution is 2.22. The molecule has 1 rings (SSSR count). The van der Waals surface area contributed by atoms with Gasteiger partial charge in [0.25, 0.3) is 0 Å². The zero-order valence-corrected chi connectivity index (χ0v) is 10.3. The molecule has 0 aliphatic rings. The molecule has 0 aromatic heterocycles. The predicted molar refractivity (Wildman–Crippen MR) is 62.8 cm³/mol. The van der Waals surface area contributed by atoms with Crippen LogP contribution in [0.5, 0.6) is 5.75 Å². The van der Waals surface area contributed by atoms with Gasteiger partial charge in [-0.2, -0.15) is 0 Å². The molecule has 1 aromatic carbocycles. The minimum absolute atomic E-state index is 0.313. The van der Waals surface area contributed by atoms with E-state index in [2.05, 4.69) is 21.2 Å². The molecule has 0 radical (unpaired) electrons. The fourth-order valence-corrected chi connectivity index (χ4v) is 1.51. The van der Waals surface area contributed by atoms with Gasteiger partial charge in [0.05, 0.1) is 6.61 Å². The number of nitrogens with one attached hydrogen (secondary N) is 1. The Morgan fingerprint density at radius 2 is 2.20 bits per heavy atom. The van der Waals surface area contributed by atoms with Crippen molar-refractivity contribution in [3.63, 3.8) is 0 Å². The van der Waals surface area contributed by atoms with Crippen molar-refractivity contribution in [3.8, 4) is 5.75 Å². The van der Waals surface area contributed by atoms with E-state index in [-0.39, 0.29) is 5.82 Å². The smallest absolute Gasteiger partial charge is 0.165 e. The first kappa shape index (κ1) is 12.5. The number of halogens is 2. The highest BCUT2D eigenvalue weighted by molar-refractivity contribution is 9.10. The molecule has 15 heavy (non-hydrogen) atoms. The van der Waals surface area contributed by atoms with E-state index in [4.69, 9.17) is 4.74 Å². The minimum atomic E-state index is -0.313. The van der Waals surface area contributed by atoms with E-state index >= 15 is 0 Å². The summed E-state index contributed by atoms with van der Waals surface area (Å²) < 4.78 is 19.3. The maximum atomic E-state index is 13.2. The van der Waals surface area contributed by atoms with E-state index in [0.717, 1.165) is 23.9 Å². The van der Waals surface area contributed by atoms with Gasteiger partial charge in [0.15, 0.2) is 11.6 Å². The number of hydrogen-bond acceptors (Lipinski definition) is 2. The summed E-state index contributed by atoms with van der Waals surface area (Å²) in [6, 6.07) is 4.70. The molecule has 0 atom stereocenters. The Labute approximate surface area is 98.0 Å². The molecule has 0 aliphatic heterocycles. The Morgan fingerprint density at radius 3 is 2.93 bits per heavy atom. The third-order valence-corrected chi connectivity index (χ3v) is 2.47. The van der Waals surface area contributed by atoms with Crippen LogP contribution in [-0.4, -0.2) is 20.2 Å². The quantitative estimate of drug-likeness (QED) is 0.806. The van der Waals surface area contributed by atoms with Crippen LogP contribution >= 0.6 is 15.9 Å². The summed E-state index contributed by atoms with van der Waals surface area (Å²) >= 11 is 3.27. The molecule has 0 saturated carbocycles. The highest BCUT2D eigenvalue weighted by Gasteiger charge is 2.03. The Kier molecular flexibility index (Phi) is 5.65. The topological polar surface area (TPSA) is 21.3 Å². The Balaban J connectivity index is 2.33. The normalized spacial score (nSPS) is 10.3. The zero-order valence-electron chi connectivity index (χ0n) is 8.72. The molecule has 0 spiro atoms. The molecule has 4 heteroatoms. The lowest BCUT2D eigenvalue weighted by Gasteiger charge is -2.07. The van der Waals surface area contributed by atoms with E-state index in [1.165, 1.54) is 6.07 Å². The van der Waals surface area contributed by atoms with Crippen molar-refractivity contribution in [3.05, 3.63) is 28.5 Å². The van der Waals surface area contributed by atoms with Crippen LogP contribution in [0.4, 0.5) is 4.39 Å². The van der Waals surface area contributed by atoms with Gasteiger partial charge in [-0.15, -0.1) is 0 Å². The minimum Gasteiger partial charge on any atom is -0.490 e. The monoisotopic (exact) mass is 275 g/mol. The van der Waals surface area contributed by atoms with Gasteiger partial charge >= 0.3 is 0 Å². The Hall–Kier alpha value is -0.610. The van der Waals surface area contributed by atoms with Gasteiger partial charge in [-0.3, -0.25) is 0 Å². The second-order valence-corrected chi connectivity index (χ2v) is 4.15. The van der Waals surface area contributed by atoms with Gasteiger partial charge in [-0.05, 0) is 44.6 Å². The summed E-state index contributed by atoms with van der Waals surface area (Å²) in [5, 5.41) is 3.05. The van der Waals surface area contributed by atoms with Gasteiger partial charge in [0.2, 0.25) is 0 Å². The maximum Gasteiger partial charge on any atom is 0.165 e. The van der Waals surface area contributed by atoms with Gasteiger partial charge in [0, 0.05) is 4.47 Å². The molecule has 0 unspecified atom stereocenters. The first-order valence-corrected chi connectivity index (χ1v) is 5.76. The van der Waals surface area contributed by atoms with E-state index in [1.54, 1.807) is 12.1 Å². The fourth-order valence-electron chi connectivity index (χ4n) is 1.17. The fraction of sp³-hybridized carbons (Fsp3) is 0.455. The SMILES string of the molecule is CNCCCCOc1cc(Br)ccc1F. The second-order valence-electron chi connectivity index (χ2n) is 3.23. The van der Waals surface area contributed by atoms with E-state index in [1.807, 2.05) is 7.05 Å². The molecule has 84 valence electrons. The van der Waals surface area contributed by atoms with Crippen molar-refractivity contribution >= 4 is 15.9 Å². The molecule has 0 aliphatic carbocycles. The summed E-state index contributed by atoms with van der Waals surface area (Å²) in [6.07, 6.45) is 1.96. The van der Waals surface area contributed by atoms with Gasteiger partial charge in [-0.25, -0.2) is 4.39 Å². The lowest BCUT2D eigenvalue weighted by molar-refractivity contribution is 0.291. The molecule has 2 nitrogen and oxygen atoms in total. The zero-order chi connectivity index (χ0) is 11.1. The van der Waals surface area contributed by atoms with E-state index < -0.39 is 0 Å². The highest BCUT2D eigenvalue weighted by atomic mass is 79.9. The Bertz CT molecular complexity index is 307. The maximum absolute atomic E-state index is 13.2. The van der Waals surface area contributed by atoms with Crippen LogP contribution in [0.2, 0.25) is 0 Å². The van der Waals surface area contributed by atoms with E-state index in [9.17, 15) is 4.39 Å². The standard InChI is InChI=1S/C11H15BrFNO/c1-14-6-2-3-7-15-11-8-9(12)4-5-10(11)13/h4-5,8,14H,2-3,6-7H2,1H3. The van der Waals surface area contributed by atoms with Crippen LogP contribution in [0.15, 0.2) is 22.7 Å². The number of benzene rings is 1. The van der Waals surface area contributed by atoms with Crippen LogP contribution in [0, 0.1) is 5.82 Å². The summed E-state index contributed by atoms with van der Waals surface area (Å²) in [7, 11) is 1.91. The van der Waals surface area contributed by atoms with E-state index in [0.29, 0.717) is 12.4 Å². The van der Waals surface area contributed by atoms with Crippen LogP contribution in [0.3, 0.4) is 0 Å². The summed E-state index contributed by atoms with van der Waals surface area (Å²) in [4.78, 5) is 0. The van der Waals surface area contributed by atoms with Gasteiger partial charge in [0.1, 0.15) is 0 Å². The van der Waals surface area contributed by atoms with Crippen molar-refractivity contribution in [2.75, 3.05) is 20.2 Å². The number of unbranched alkanes of at least 4 members (excludes halogenated alkanes) is 1. The third-order valence-electron chi connectivity index (χ3n) is 1.97. The summed E-state index contributed by atoms with van der Waals surface area (Å²) in [5.41, 5.74) is 0. The summed E-state index contributed by atoms with van der Waals surface area (Å²) in [6.45, 7) is 1.51.